The third-order valence-electron chi connectivity index (χ3n) is 5.32. The van der Waals surface area contributed by atoms with Crippen LogP contribution in [0.5, 0.6) is 0 Å². The Morgan fingerprint density at radius 2 is 1.77 bits per heavy atom. The number of nitrogens with zero attached hydrogens (tertiary/aromatic N) is 2. The lowest BCUT2D eigenvalue weighted by Crippen LogP contribution is -2.42. The van der Waals surface area contributed by atoms with Crippen LogP contribution in [0.15, 0.2) is 60.7 Å². The minimum atomic E-state index is -0.281. The standard InChI is InChI=1S/C24H27N3O2S/c1-2-29-24(28)21-22(26-23(30-21)19-11-7-4-8-12-19)27-15-13-20(14-16-27)25-17-18-9-5-3-6-10-18/h3-12,20,25H,2,13-17H2,1H3. The number of esters is 1. The Balaban J connectivity index is 1.45. The van der Waals surface area contributed by atoms with E-state index in [-0.39, 0.29) is 5.97 Å². The summed E-state index contributed by atoms with van der Waals surface area (Å²) in [6, 6.07) is 21.0. The van der Waals surface area contributed by atoms with Crippen molar-refractivity contribution in [2.24, 2.45) is 0 Å². The number of benzene rings is 2. The van der Waals surface area contributed by atoms with Gasteiger partial charge in [-0.15, -0.1) is 11.3 Å². The van der Waals surface area contributed by atoms with E-state index in [1.807, 2.05) is 43.3 Å². The van der Waals surface area contributed by atoms with Crippen LogP contribution in [-0.2, 0) is 11.3 Å². The van der Waals surface area contributed by atoms with Crippen molar-refractivity contribution < 1.29 is 9.53 Å². The number of anilines is 1. The highest BCUT2D eigenvalue weighted by Crippen LogP contribution is 2.34. The predicted molar refractivity (Wildman–Crippen MR) is 122 cm³/mol. The largest absolute Gasteiger partial charge is 0.462 e. The molecule has 1 fully saturated rings. The number of carbonyl (C=O) groups excluding carboxylic acids is 1. The summed E-state index contributed by atoms with van der Waals surface area (Å²) < 4.78 is 5.31. The Labute approximate surface area is 181 Å². The van der Waals surface area contributed by atoms with Crippen LogP contribution in [0.1, 0.15) is 35.0 Å². The highest BCUT2D eigenvalue weighted by atomic mass is 32.1. The lowest BCUT2D eigenvalue weighted by atomic mass is 10.0. The molecule has 1 aliphatic rings. The van der Waals surface area contributed by atoms with E-state index in [1.54, 1.807) is 0 Å². The van der Waals surface area contributed by atoms with E-state index in [9.17, 15) is 4.79 Å². The molecular weight excluding hydrogens is 394 g/mol. The van der Waals surface area contributed by atoms with Crippen molar-refractivity contribution >= 4 is 23.1 Å². The average molecular weight is 422 g/mol. The van der Waals surface area contributed by atoms with Crippen LogP contribution in [0.3, 0.4) is 0 Å². The van der Waals surface area contributed by atoms with Crippen molar-refractivity contribution in [3.63, 3.8) is 0 Å². The molecule has 1 aliphatic heterocycles. The van der Waals surface area contributed by atoms with Crippen LogP contribution in [-0.4, -0.2) is 36.7 Å². The summed E-state index contributed by atoms with van der Waals surface area (Å²) in [5.74, 6) is 0.482. The van der Waals surface area contributed by atoms with Crippen LogP contribution in [0.4, 0.5) is 5.82 Å². The maximum atomic E-state index is 12.6. The molecule has 2 aromatic carbocycles. The van der Waals surface area contributed by atoms with Gasteiger partial charge >= 0.3 is 5.97 Å². The number of hydrogen-bond donors (Lipinski definition) is 1. The van der Waals surface area contributed by atoms with Crippen molar-refractivity contribution in [3.05, 3.63) is 71.1 Å². The smallest absolute Gasteiger partial charge is 0.352 e. The quantitative estimate of drug-likeness (QED) is 0.558. The molecule has 6 heteroatoms. The van der Waals surface area contributed by atoms with Gasteiger partial charge in [-0.25, -0.2) is 9.78 Å². The van der Waals surface area contributed by atoms with E-state index in [0.717, 1.165) is 48.9 Å². The Bertz CT molecular complexity index is 951. The number of ether oxygens (including phenoxy) is 1. The molecule has 4 rings (SSSR count). The van der Waals surface area contributed by atoms with Crippen molar-refractivity contribution in [1.29, 1.82) is 0 Å². The molecule has 0 aliphatic carbocycles. The van der Waals surface area contributed by atoms with Crippen LogP contribution < -0.4 is 10.2 Å². The SMILES string of the molecule is CCOC(=O)c1sc(-c2ccccc2)nc1N1CCC(NCc2ccccc2)CC1. The van der Waals surface area contributed by atoms with E-state index in [1.165, 1.54) is 16.9 Å². The molecule has 2 heterocycles. The minimum absolute atomic E-state index is 0.281. The Morgan fingerprint density at radius 3 is 2.43 bits per heavy atom. The van der Waals surface area contributed by atoms with Gasteiger partial charge in [0.25, 0.3) is 0 Å². The molecule has 5 nitrogen and oxygen atoms in total. The third-order valence-corrected chi connectivity index (χ3v) is 6.40. The number of nitrogens with one attached hydrogen (secondary N) is 1. The summed E-state index contributed by atoms with van der Waals surface area (Å²) in [6.07, 6.45) is 2.04. The summed E-state index contributed by atoms with van der Waals surface area (Å²) in [6.45, 7) is 4.82. The molecule has 1 saturated heterocycles. The number of carbonyl (C=O) groups is 1. The van der Waals surface area contributed by atoms with Crippen molar-refractivity contribution in [2.45, 2.75) is 32.4 Å². The zero-order valence-electron chi connectivity index (χ0n) is 17.2. The van der Waals surface area contributed by atoms with Crippen LogP contribution in [0.2, 0.25) is 0 Å². The number of piperidine rings is 1. The summed E-state index contributed by atoms with van der Waals surface area (Å²) in [5, 5.41) is 4.52. The molecule has 30 heavy (non-hydrogen) atoms. The van der Waals surface area contributed by atoms with E-state index >= 15 is 0 Å². The molecule has 0 spiro atoms. The zero-order chi connectivity index (χ0) is 20.8. The van der Waals surface area contributed by atoms with Crippen molar-refractivity contribution in [3.8, 4) is 10.6 Å². The second-order valence-corrected chi connectivity index (χ2v) is 8.39. The van der Waals surface area contributed by atoms with Gasteiger partial charge in [0.15, 0.2) is 10.7 Å². The monoisotopic (exact) mass is 421 g/mol. The fourth-order valence-electron chi connectivity index (χ4n) is 3.71. The number of hydrogen-bond acceptors (Lipinski definition) is 6. The summed E-state index contributed by atoms with van der Waals surface area (Å²) in [4.78, 5) is 20.3. The second kappa shape index (κ2) is 9.87. The van der Waals surface area contributed by atoms with E-state index in [2.05, 4.69) is 34.5 Å². The van der Waals surface area contributed by atoms with E-state index in [0.29, 0.717) is 17.5 Å². The molecule has 0 bridgehead atoms. The van der Waals surface area contributed by atoms with Crippen molar-refractivity contribution in [2.75, 3.05) is 24.6 Å². The number of thiazole rings is 1. The topological polar surface area (TPSA) is 54.5 Å². The molecule has 0 atom stereocenters. The molecule has 156 valence electrons. The lowest BCUT2D eigenvalue weighted by molar-refractivity contribution is 0.0532. The molecule has 0 amide bonds. The van der Waals surface area contributed by atoms with E-state index < -0.39 is 0 Å². The first-order valence-corrected chi connectivity index (χ1v) is 11.3. The predicted octanol–water partition coefficient (Wildman–Crippen LogP) is 4.75. The molecule has 0 unspecified atom stereocenters. The van der Waals surface area contributed by atoms with Gasteiger partial charge in [0.1, 0.15) is 5.01 Å². The van der Waals surface area contributed by atoms with Gasteiger partial charge in [-0.3, -0.25) is 0 Å². The molecule has 0 radical (unpaired) electrons. The fourth-order valence-corrected chi connectivity index (χ4v) is 4.70. The summed E-state index contributed by atoms with van der Waals surface area (Å²) in [5.41, 5.74) is 2.33. The van der Waals surface area contributed by atoms with Gasteiger partial charge in [0.05, 0.1) is 6.61 Å². The lowest BCUT2D eigenvalue weighted by Gasteiger charge is -2.33. The molecular formula is C24H27N3O2S. The Kier molecular flexibility index (Phi) is 6.77. The first-order valence-electron chi connectivity index (χ1n) is 10.5. The first-order chi connectivity index (χ1) is 14.7. The molecule has 0 saturated carbocycles. The Morgan fingerprint density at radius 1 is 1.10 bits per heavy atom. The van der Waals surface area contributed by atoms with Crippen LogP contribution in [0, 0.1) is 0 Å². The highest BCUT2D eigenvalue weighted by molar-refractivity contribution is 7.17. The number of rotatable bonds is 7. The third kappa shape index (κ3) is 4.89. The van der Waals surface area contributed by atoms with Gasteiger partial charge < -0.3 is 15.0 Å². The number of aromatic nitrogens is 1. The van der Waals surface area contributed by atoms with Gasteiger partial charge in [-0.05, 0) is 25.3 Å². The summed E-state index contributed by atoms with van der Waals surface area (Å²) >= 11 is 1.42. The van der Waals surface area contributed by atoms with E-state index in [4.69, 9.17) is 9.72 Å². The van der Waals surface area contributed by atoms with Crippen LogP contribution >= 0.6 is 11.3 Å². The minimum Gasteiger partial charge on any atom is -0.462 e. The van der Waals surface area contributed by atoms with Gasteiger partial charge in [-0.1, -0.05) is 60.7 Å². The molecule has 3 aromatic rings. The highest BCUT2D eigenvalue weighted by Gasteiger charge is 2.27. The summed E-state index contributed by atoms with van der Waals surface area (Å²) in [7, 11) is 0. The molecule has 1 N–H and O–H groups in total. The zero-order valence-corrected chi connectivity index (χ0v) is 18.0. The normalized spacial score (nSPS) is 14.6. The molecule has 1 aromatic heterocycles. The van der Waals surface area contributed by atoms with Crippen molar-refractivity contribution in [1.82, 2.24) is 10.3 Å². The maximum Gasteiger partial charge on any atom is 0.352 e. The second-order valence-electron chi connectivity index (χ2n) is 7.39. The van der Waals surface area contributed by atoms with Gasteiger partial charge in [-0.2, -0.15) is 0 Å². The maximum absolute atomic E-state index is 12.6. The van der Waals surface area contributed by atoms with Gasteiger partial charge in [0.2, 0.25) is 0 Å². The fraction of sp³-hybridized carbons (Fsp3) is 0.333. The van der Waals surface area contributed by atoms with Gasteiger partial charge in [0, 0.05) is 31.2 Å². The Hall–Kier alpha value is -2.70. The van der Waals surface area contributed by atoms with Crippen LogP contribution in [0.25, 0.3) is 10.6 Å². The average Bonchev–Trinajstić information content (AvgIpc) is 3.25. The first kappa shape index (κ1) is 20.6.